The Hall–Kier alpha value is -3.40. The van der Waals surface area contributed by atoms with Crippen LogP contribution in [0.1, 0.15) is 17.8 Å². The zero-order chi connectivity index (χ0) is 21.8. The van der Waals surface area contributed by atoms with E-state index < -0.39 is 12.1 Å². The number of hydrogen-bond acceptors (Lipinski definition) is 6. The third-order valence-corrected chi connectivity index (χ3v) is 5.77. The van der Waals surface area contributed by atoms with Crippen molar-refractivity contribution in [3.8, 4) is 11.4 Å². The third-order valence-electron chi connectivity index (χ3n) is 4.79. The monoisotopic (exact) mass is 441 g/mol. The van der Waals surface area contributed by atoms with Gasteiger partial charge in [-0.3, -0.25) is 14.7 Å². The molecular formula is C21H20FN5O3S. The van der Waals surface area contributed by atoms with E-state index in [0.717, 1.165) is 5.69 Å². The first-order valence-corrected chi connectivity index (χ1v) is 10.6. The molecule has 0 saturated carbocycles. The second kappa shape index (κ2) is 9.17. The maximum atomic E-state index is 14.0. The summed E-state index contributed by atoms with van der Waals surface area (Å²) in [6, 6.07) is 13.0. The number of thioether (sulfide) groups is 1. The first-order chi connectivity index (χ1) is 15.0. The number of ether oxygens (including phenoxy) is 1. The van der Waals surface area contributed by atoms with Crippen LogP contribution in [0.4, 0.5) is 9.18 Å². The maximum absolute atomic E-state index is 14.0. The van der Waals surface area contributed by atoms with Gasteiger partial charge in [-0.25, -0.2) is 9.18 Å². The molecule has 10 heteroatoms. The van der Waals surface area contributed by atoms with Crippen LogP contribution in [0.15, 0.2) is 53.7 Å². The molecule has 0 aliphatic carbocycles. The maximum Gasteiger partial charge on any atom is 0.321 e. The molecule has 31 heavy (non-hydrogen) atoms. The van der Waals surface area contributed by atoms with E-state index >= 15 is 0 Å². The SMILES string of the molecule is COc1ccc(-n2c(CC3CC(=O)NC(=O)N3)nnc2SCc2ccccc2F)cc1. The fraction of sp³-hybridized carbons (Fsp3) is 0.238. The zero-order valence-corrected chi connectivity index (χ0v) is 17.5. The van der Waals surface area contributed by atoms with Crippen molar-refractivity contribution >= 4 is 23.7 Å². The van der Waals surface area contributed by atoms with E-state index in [4.69, 9.17) is 4.74 Å². The number of halogens is 1. The van der Waals surface area contributed by atoms with Gasteiger partial charge in [-0.05, 0) is 35.9 Å². The van der Waals surface area contributed by atoms with Crippen LogP contribution in [0.25, 0.3) is 5.69 Å². The van der Waals surface area contributed by atoms with E-state index in [-0.39, 0.29) is 18.1 Å². The zero-order valence-electron chi connectivity index (χ0n) is 16.7. The molecule has 1 saturated heterocycles. The van der Waals surface area contributed by atoms with Crippen molar-refractivity contribution in [3.05, 3.63) is 65.7 Å². The molecule has 1 fully saturated rings. The van der Waals surface area contributed by atoms with Crippen LogP contribution in [0.5, 0.6) is 5.75 Å². The molecular weight excluding hydrogens is 421 g/mol. The summed E-state index contributed by atoms with van der Waals surface area (Å²) in [7, 11) is 1.59. The molecule has 8 nitrogen and oxygen atoms in total. The number of imide groups is 1. The molecule has 1 aliphatic heterocycles. The fourth-order valence-corrected chi connectivity index (χ4v) is 4.25. The number of methoxy groups -OCH3 is 1. The minimum atomic E-state index is -0.522. The lowest BCUT2D eigenvalue weighted by atomic mass is 10.1. The Balaban J connectivity index is 1.63. The molecule has 4 rings (SSSR count). The molecule has 1 aromatic heterocycles. The first-order valence-electron chi connectivity index (χ1n) is 9.58. The molecule has 2 heterocycles. The van der Waals surface area contributed by atoms with E-state index in [1.165, 1.54) is 17.8 Å². The van der Waals surface area contributed by atoms with Crippen LogP contribution < -0.4 is 15.4 Å². The van der Waals surface area contributed by atoms with Crippen molar-refractivity contribution < 1.29 is 18.7 Å². The summed E-state index contributed by atoms with van der Waals surface area (Å²) < 4.78 is 21.1. The van der Waals surface area contributed by atoms with Crippen molar-refractivity contribution in [2.75, 3.05) is 7.11 Å². The number of nitrogens with one attached hydrogen (secondary N) is 2. The van der Waals surface area contributed by atoms with E-state index in [0.29, 0.717) is 34.5 Å². The summed E-state index contributed by atoms with van der Waals surface area (Å²) in [5.41, 5.74) is 1.36. The Bertz CT molecular complexity index is 1090. The Morgan fingerprint density at radius 2 is 1.94 bits per heavy atom. The van der Waals surface area contributed by atoms with Gasteiger partial charge in [-0.2, -0.15) is 0 Å². The number of nitrogens with zero attached hydrogens (tertiary/aromatic N) is 3. The lowest BCUT2D eigenvalue weighted by Crippen LogP contribution is -2.53. The normalized spacial score (nSPS) is 16.0. The third kappa shape index (κ3) is 4.85. The molecule has 0 bridgehead atoms. The van der Waals surface area contributed by atoms with E-state index in [1.807, 2.05) is 28.8 Å². The van der Waals surface area contributed by atoms with Crippen molar-refractivity contribution in [1.82, 2.24) is 25.4 Å². The molecule has 160 valence electrons. The Morgan fingerprint density at radius 3 is 2.65 bits per heavy atom. The predicted molar refractivity (Wildman–Crippen MR) is 113 cm³/mol. The van der Waals surface area contributed by atoms with Crippen LogP contribution in [-0.2, 0) is 17.0 Å². The van der Waals surface area contributed by atoms with E-state index in [1.54, 1.807) is 25.3 Å². The molecule has 0 radical (unpaired) electrons. The minimum absolute atomic E-state index is 0.152. The van der Waals surface area contributed by atoms with Crippen molar-refractivity contribution in [1.29, 1.82) is 0 Å². The molecule has 3 aromatic rings. The Morgan fingerprint density at radius 1 is 1.16 bits per heavy atom. The lowest BCUT2D eigenvalue weighted by Gasteiger charge is -2.23. The van der Waals surface area contributed by atoms with Gasteiger partial charge in [-0.1, -0.05) is 30.0 Å². The van der Waals surface area contributed by atoms with Gasteiger partial charge in [-0.15, -0.1) is 10.2 Å². The highest BCUT2D eigenvalue weighted by atomic mass is 32.2. The van der Waals surface area contributed by atoms with Crippen LogP contribution in [-0.4, -0.2) is 39.9 Å². The lowest BCUT2D eigenvalue weighted by molar-refractivity contribution is -0.121. The second-order valence-electron chi connectivity index (χ2n) is 6.94. The number of carbonyl (C=O) groups is 2. The van der Waals surface area contributed by atoms with E-state index in [2.05, 4.69) is 20.8 Å². The second-order valence-corrected chi connectivity index (χ2v) is 7.88. The van der Waals surface area contributed by atoms with Gasteiger partial charge in [0, 0.05) is 30.3 Å². The van der Waals surface area contributed by atoms with Crippen LogP contribution >= 0.6 is 11.8 Å². The summed E-state index contributed by atoms with van der Waals surface area (Å²) in [6.07, 6.45) is 0.470. The molecule has 1 aliphatic rings. The van der Waals surface area contributed by atoms with Gasteiger partial charge in [0.05, 0.1) is 7.11 Å². The van der Waals surface area contributed by atoms with Crippen LogP contribution in [0.2, 0.25) is 0 Å². The number of benzene rings is 2. The molecule has 2 N–H and O–H groups in total. The van der Waals surface area contributed by atoms with Crippen LogP contribution in [0.3, 0.4) is 0 Å². The molecule has 1 atom stereocenters. The smallest absolute Gasteiger partial charge is 0.321 e. The summed E-state index contributed by atoms with van der Waals surface area (Å²) in [5.74, 6) is 1.06. The van der Waals surface area contributed by atoms with Gasteiger partial charge in [0.15, 0.2) is 5.16 Å². The average Bonchev–Trinajstić information content (AvgIpc) is 3.14. The summed E-state index contributed by atoms with van der Waals surface area (Å²) in [5, 5.41) is 14.1. The van der Waals surface area contributed by atoms with Gasteiger partial charge in [0.25, 0.3) is 0 Å². The number of rotatable bonds is 7. The number of urea groups is 1. The summed E-state index contributed by atoms with van der Waals surface area (Å²) in [6.45, 7) is 0. The number of hydrogen-bond donors (Lipinski definition) is 2. The highest BCUT2D eigenvalue weighted by molar-refractivity contribution is 7.98. The average molecular weight is 441 g/mol. The van der Waals surface area contributed by atoms with Gasteiger partial charge >= 0.3 is 6.03 Å². The highest BCUT2D eigenvalue weighted by Gasteiger charge is 2.26. The largest absolute Gasteiger partial charge is 0.497 e. The van der Waals surface area contributed by atoms with Crippen molar-refractivity contribution in [2.24, 2.45) is 0 Å². The van der Waals surface area contributed by atoms with Gasteiger partial charge in [0.1, 0.15) is 17.4 Å². The van der Waals surface area contributed by atoms with Gasteiger partial charge < -0.3 is 10.1 Å². The quantitative estimate of drug-likeness (QED) is 0.547. The topological polar surface area (TPSA) is 98.1 Å². The van der Waals surface area contributed by atoms with Gasteiger partial charge in [0.2, 0.25) is 5.91 Å². The number of carbonyl (C=O) groups excluding carboxylic acids is 2. The molecule has 0 spiro atoms. The summed E-state index contributed by atoms with van der Waals surface area (Å²) in [4.78, 5) is 23.4. The van der Waals surface area contributed by atoms with Crippen LogP contribution in [0, 0.1) is 5.82 Å². The van der Waals surface area contributed by atoms with Crippen molar-refractivity contribution in [3.63, 3.8) is 0 Å². The minimum Gasteiger partial charge on any atom is -0.497 e. The Kier molecular flexibility index (Phi) is 6.17. The summed E-state index contributed by atoms with van der Waals surface area (Å²) >= 11 is 1.35. The fourth-order valence-electron chi connectivity index (χ4n) is 3.29. The first kappa shape index (κ1) is 20.9. The predicted octanol–water partition coefficient (Wildman–Crippen LogP) is 2.85. The highest BCUT2D eigenvalue weighted by Crippen LogP contribution is 2.28. The molecule has 3 amide bonds. The number of amides is 3. The standard InChI is InChI=1S/C21H20FN5O3S/c1-30-16-8-6-15(7-9-16)27-18(10-14-11-19(28)24-20(29)23-14)25-26-21(27)31-12-13-4-2-3-5-17(13)22/h2-9,14H,10-12H2,1H3,(H2,23,24,28,29). The Labute approximate surface area is 182 Å². The van der Waals surface area contributed by atoms with E-state index in [9.17, 15) is 14.0 Å². The molecule has 2 aromatic carbocycles. The van der Waals surface area contributed by atoms with Crippen molar-refractivity contribution in [2.45, 2.75) is 29.8 Å². The molecule has 1 unspecified atom stereocenters. The number of aromatic nitrogens is 3.